The first kappa shape index (κ1) is 19.3. The molecule has 4 rings (SSSR count). The zero-order valence-electron chi connectivity index (χ0n) is 16.6. The van der Waals surface area contributed by atoms with Gasteiger partial charge in [-0.25, -0.2) is 4.98 Å². The molecule has 0 radical (unpaired) electrons. The number of hydrogen-bond donors (Lipinski definition) is 2. The Balaban J connectivity index is 1.63. The second-order valence-corrected chi connectivity index (χ2v) is 8.06. The maximum atomic E-state index is 5.80. The molecule has 7 heteroatoms. The first-order valence-corrected chi connectivity index (χ1v) is 9.83. The van der Waals surface area contributed by atoms with Crippen molar-refractivity contribution in [2.75, 3.05) is 23.4 Å². The average molecular weight is 411 g/mol. The molecule has 1 aromatic heterocycles. The highest BCUT2D eigenvalue weighted by molar-refractivity contribution is 6.23. The average Bonchev–Trinajstić information content (AvgIpc) is 2.73. The number of ether oxygens (including phenoxy) is 2. The van der Waals surface area contributed by atoms with Gasteiger partial charge in [0, 0.05) is 35.2 Å². The van der Waals surface area contributed by atoms with E-state index in [-0.39, 0.29) is 5.41 Å². The number of benzene rings is 2. The normalized spacial score (nSPS) is 13.1. The van der Waals surface area contributed by atoms with Gasteiger partial charge in [-0.2, -0.15) is 4.98 Å². The molecule has 0 saturated heterocycles. The molecule has 0 amide bonds. The van der Waals surface area contributed by atoms with Gasteiger partial charge in [-0.05, 0) is 23.1 Å². The SMILES string of the molecule is CC(C)(C)c1ccc(-c2cc(Nc3ccc4c(c3)OCCO4)nc(NCl)n2)cc1. The van der Waals surface area contributed by atoms with Gasteiger partial charge in [0.15, 0.2) is 11.5 Å². The molecule has 3 aromatic rings. The first-order chi connectivity index (χ1) is 13.9. The van der Waals surface area contributed by atoms with E-state index >= 15 is 0 Å². The minimum absolute atomic E-state index is 0.0952. The molecule has 0 aliphatic carbocycles. The Morgan fingerprint density at radius 2 is 1.62 bits per heavy atom. The van der Waals surface area contributed by atoms with Crippen molar-refractivity contribution in [3.05, 3.63) is 54.1 Å². The smallest absolute Gasteiger partial charge is 0.240 e. The molecular formula is C22H23ClN4O2. The van der Waals surface area contributed by atoms with E-state index in [2.05, 4.69) is 65.2 Å². The molecule has 0 saturated carbocycles. The minimum Gasteiger partial charge on any atom is -0.486 e. The Morgan fingerprint density at radius 3 is 2.31 bits per heavy atom. The lowest BCUT2D eigenvalue weighted by molar-refractivity contribution is 0.171. The fraction of sp³-hybridized carbons (Fsp3) is 0.273. The van der Waals surface area contributed by atoms with Crippen LogP contribution < -0.4 is 19.6 Å². The van der Waals surface area contributed by atoms with Crippen LogP contribution in [0.15, 0.2) is 48.5 Å². The lowest BCUT2D eigenvalue weighted by Gasteiger charge is -2.19. The molecule has 0 bridgehead atoms. The van der Waals surface area contributed by atoms with E-state index in [0.29, 0.717) is 30.7 Å². The number of aromatic nitrogens is 2. The maximum Gasteiger partial charge on any atom is 0.240 e. The Kier molecular flexibility index (Phi) is 5.20. The van der Waals surface area contributed by atoms with Crippen molar-refractivity contribution in [1.29, 1.82) is 0 Å². The van der Waals surface area contributed by atoms with Crippen LogP contribution in [0.2, 0.25) is 0 Å². The summed E-state index contributed by atoms with van der Waals surface area (Å²) in [5, 5.41) is 3.29. The second kappa shape index (κ2) is 7.79. The molecule has 1 aliphatic rings. The summed E-state index contributed by atoms with van der Waals surface area (Å²) in [5.74, 6) is 2.40. The number of fused-ring (bicyclic) bond motifs is 1. The van der Waals surface area contributed by atoms with E-state index in [1.165, 1.54) is 5.56 Å². The molecule has 29 heavy (non-hydrogen) atoms. The summed E-state index contributed by atoms with van der Waals surface area (Å²) in [4.78, 5) is 11.4. The molecule has 0 spiro atoms. The molecule has 0 atom stereocenters. The third-order valence-electron chi connectivity index (χ3n) is 4.67. The van der Waals surface area contributed by atoms with Gasteiger partial charge in [0.1, 0.15) is 19.0 Å². The largest absolute Gasteiger partial charge is 0.486 e. The topological polar surface area (TPSA) is 68.3 Å². The van der Waals surface area contributed by atoms with Crippen LogP contribution in [0.4, 0.5) is 17.5 Å². The van der Waals surface area contributed by atoms with Gasteiger partial charge in [0.2, 0.25) is 5.95 Å². The van der Waals surface area contributed by atoms with E-state index in [1.54, 1.807) is 0 Å². The number of halogens is 1. The van der Waals surface area contributed by atoms with E-state index < -0.39 is 0 Å². The van der Waals surface area contributed by atoms with E-state index in [1.807, 2.05) is 24.3 Å². The highest BCUT2D eigenvalue weighted by atomic mass is 35.5. The van der Waals surface area contributed by atoms with Crippen LogP contribution in [-0.4, -0.2) is 23.2 Å². The zero-order valence-corrected chi connectivity index (χ0v) is 17.4. The molecule has 0 unspecified atom stereocenters. The van der Waals surface area contributed by atoms with Crippen molar-refractivity contribution in [2.45, 2.75) is 26.2 Å². The third-order valence-corrected chi connectivity index (χ3v) is 4.84. The summed E-state index contributed by atoms with van der Waals surface area (Å²) in [6.07, 6.45) is 0. The summed E-state index contributed by atoms with van der Waals surface area (Å²) >= 11 is 5.80. The molecule has 0 fully saturated rings. The molecule has 150 valence electrons. The minimum atomic E-state index is 0.0952. The van der Waals surface area contributed by atoms with Crippen molar-refractivity contribution in [2.24, 2.45) is 0 Å². The zero-order chi connectivity index (χ0) is 20.4. The Morgan fingerprint density at radius 1 is 0.897 bits per heavy atom. The summed E-state index contributed by atoms with van der Waals surface area (Å²) in [7, 11) is 0. The molecule has 1 aliphatic heterocycles. The van der Waals surface area contributed by atoms with Crippen LogP contribution in [0.1, 0.15) is 26.3 Å². The van der Waals surface area contributed by atoms with Gasteiger partial charge in [0.05, 0.1) is 5.69 Å². The highest BCUT2D eigenvalue weighted by Crippen LogP contribution is 2.34. The van der Waals surface area contributed by atoms with Gasteiger partial charge in [-0.15, -0.1) is 0 Å². The quantitative estimate of drug-likeness (QED) is 0.552. The number of anilines is 3. The van der Waals surface area contributed by atoms with Gasteiger partial charge in [-0.1, -0.05) is 45.0 Å². The molecule has 2 heterocycles. The number of rotatable bonds is 4. The number of hydrogen-bond acceptors (Lipinski definition) is 6. The van der Waals surface area contributed by atoms with Gasteiger partial charge >= 0.3 is 0 Å². The van der Waals surface area contributed by atoms with Crippen LogP contribution in [0.3, 0.4) is 0 Å². The van der Waals surface area contributed by atoms with E-state index in [4.69, 9.17) is 21.3 Å². The predicted molar refractivity (Wildman–Crippen MR) is 116 cm³/mol. The fourth-order valence-corrected chi connectivity index (χ4v) is 3.20. The Hall–Kier alpha value is -2.99. The van der Waals surface area contributed by atoms with E-state index in [0.717, 1.165) is 22.7 Å². The molecule has 2 N–H and O–H groups in total. The lowest BCUT2D eigenvalue weighted by atomic mass is 9.86. The van der Waals surface area contributed by atoms with E-state index in [9.17, 15) is 0 Å². The van der Waals surface area contributed by atoms with Gasteiger partial charge in [0.25, 0.3) is 0 Å². The van der Waals surface area contributed by atoms with Crippen LogP contribution in [-0.2, 0) is 5.41 Å². The van der Waals surface area contributed by atoms with Crippen LogP contribution in [0, 0.1) is 0 Å². The van der Waals surface area contributed by atoms with Crippen molar-refractivity contribution < 1.29 is 9.47 Å². The van der Waals surface area contributed by atoms with Crippen molar-refractivity contribution in [1.82, 2.24) is 9.97 Å². The maximum absolute atomic E-state index is 5.80. The van der Waals surface area contributed by atoms with Crippen molar-refractivity contribution >= 4 is 29.2 Å². The highest BCUT2D eigenvalue weighted by Gasteiger charge is 2.15. The molecule has 2 aromatic carbocycles. The fourth-order valence-electron chi connectivity index (χ4n) is 3.11. The number of nitrogens with zero attached hydrogens (tertiary/aromatic N) is 2. The van der Waals surface area contributed by atoms with Crippen LogP contribution >= 0.6 is 11.8 Å². The summed E-state index contributed by atoms with van der Waals surface area (Å²) < 4.78 is 11.2. The van der Waals surface area contributed by atoms with Crippen molar-refractivity contribution in [3.8, 4) is 22.8 Å². The summed E-state index contributed by atoms with van der Waals surface area (Å²) in [5.41, 5.74) is 3.95. The monoisotopic (exact) mass is 410 g/mol. The standard InChI is InChI=1S/C22H23ClN4O2/c1-22(2,3)15-6-4-14(5-7-15)17-13-20(26-21(25-17)27-23)24-16-8-9-18-19(12-16)29-11-10-28-18/h4-9,12-13H,10-11H2,1-3H3,(H2,24,25,26,27). The van der Waals surface area contributed by atoms with Crippen molar-refractivity contribution in [3.63, 3.8) is 0 Å². The Bertz CT molecular complexity index is 1020. The molecular weight excluding hydrogens is 388 g/mol. The lowest BCUT2D eigenvalue weighted by Crippen LogP contribution is -2.15. The van der Waals surface area contributed by atoms with Crippen LogP contribution in [0.5, 0.6) is 11.5 Å². The summed E-state index contributed by atoms with van der Waals surface area (Å²) in [6.45, 7) is 7.68. The van der Waals surface area contributed by atoms with Gasteiger partial charge < -0.3 is 14.8 Å². The predicted octanol–water partition coefficient (Wildman–Crippen LogP) is 5.52. The second-order valence-electron chi connectivity index (χ2n) is 7.87. The molecule has 6 nitrogen and oxygen atoms in total. The van der Waals surface area contributed by atoms with Gasteiger partial charge in [-0.3, -0.25) is 4.84 Å². The third kappa shape index (κ3) is 4.38. The van der Waals surface area contributed by atoms with Crippen LogP contribution in [0.25, 0.3) is 11.3 Å². The first-order valence-electron chi connectivity index (χ1n) is 9.46. The number of nitrogens with one attached hydrogen (secondary N) is 2. The Labute approximate surface area is 175 Å². The summed E-state index contributed by atoms with van der Waals surface area (Å²) in [6, 6.07) is 16.0.